The van der Waals surface area contributed by atoms with Crippen molar-refractivity contribution in [2.75, 3.05) is 19.6 Å². The smallest absolute Gasteiger partial charge is 0.405 e. The number of nitrogens with one attached hydrogen (secondary N) is 3. The minimum Gasteiger partial charge on any atom is -0.465 e. The molecular formula is C31H34F2N4O5S. The summed E-state index contributed by atoms with van der Waals surface area (Å²) in [5, 5.41) is 18.1. The Labute approximate surface area is 249 Å². The molecule has 9 nitrogen and oxygen atoms in total. The second-order valence-electron chi connectivity index (χ2n) is 11.0. The summed E-state index contributed by atoms with van der Waals surface area (Å²) in [7, 11) is -3.65. The highest BCUT2D eigenvalue weighted by Gasteiger charge is 2.42. The van der Waals surface area contributed by atoms with Gasteiger partial charge in [0, 0.05) is 37.6 Å². The lowest BCUT2D eigenvalue weighted by atomic mass is 9.84. The van der Waals surface area contributed by atoms with Gasteiger partial charge in [-0.2, -0.15) is 4.31 Å². The number of carboxylic acid groups (broad SMARTS) is 1. The molecule has 228 valence electrons. The molecule has 2 fully saturated rings. The van der Waals surface area contributed by atoms with Gasteiger partial charge < -0.3 is 21.1 Å². The van der Waals surface area contributed by atoms with Gasteiger partial charge in [-0.1, -0.05) is 42.5 Å². The van der Waals surface area contributed by atoms with E-state index in [0.717, 1.165) is 0 Å². The summed E-state index contributed by atoms with van der Waals surface area (Å²) in [5.74, 6) is -2.27. The number of nitrogens with zero attached hydrogens (tertiary/aromatic N) is 1. The fourth-order valence-electron chi connectivity index (χ4n) is 5.81. The minimum absolute atomic E-state index is 0.104. The van der Waals surface area contributed by atoms with Crippen LogP contribution in [0, 0.1) is 17.6 Å². The van der Waals surface area contributed by atoms with Crippen LogP contribution in [0.4, 0.5) is 13.6 Å². The van der Waals surface area contributed by atoms with Gasteiger partial charge in [0.25, 0.3) is 0 Å². The van der Waals surface area contributed by atoms with Crippen LogP contribution in [0.15, 0.2) is 83.8 Å². The Morgan fingerprint density at radius 1 is 0.930 bits per heavy atom. The van der Waals surface area contributed by atoms with Crippen LogP contribution in [0.25, 0.3) is 0 Å². The fraction of sp³-hybridized carbons (Fsp3) is 0.355. The van der Waals surface area contributed by atoms with Crippen molar-refractivity contribution >= 4 is 22.0 Å². The molecule has 0 radical (unpaired) electrons. The molecule has 3 aromatic carbocycles. The number of piperazine rings is 1. The highest BCUT2D eigenvalue weighted by molar-refractivity contribution is 7.89. The quantitative estimate of drug-likeness (QED) is 0.262. The number of carbonyl (C=O) groups is 2. The summed E-state index contributed by atoms with van der Waals surface area (Å²) in [6.45, 7) is 1.45. The molecule has 4 N–H and O–H groups in total. The molecule has 0 spiro atoms. The van der Waals surface area contributed by atoms with E-state index in [9.17, 15) is 31.9 Å². The SMILES string of the molecule is O=C(O)N[C@@H](C(=O)NC1CC1CC[C@H]1CNCCN1S(=O)(=O)c1ccccc1)C(c1ccc(F)cc1)c1ccc(F)cc1. The zero-order chi connectivity index (χ0) is 30.6. The van der Waals surface area contributed by atoms with Crippen LogP contribution in [0.3, 0.4) is 0 Å². The van der Waals surface area contributed by atoms with Gasteiger partial charge in [-0.15, -0.1) is 0 Å². The first kappa shape index (κ1) is 30.6. The average Bonchev–Trinajstić information content (AvgIpc) is 3.75. The standard InChI is InChI=1S/C31H34F2N4O5S/c32-23-11-6-20(7-12-23)28(21-8-13-24(33)14-9-21)29(36-31(39)40)30(38)35-27-18-22(27)10-15-25-19-34-16-17-37(25)43(41,42)26-4-2-1-3-5-26/h1-9,11-14,22,25,27-29,34,36H,10,15-19H2,(H,35,38)(H,39,40)/t22?,25-,27?,29+/m0/s1. The zero-order valence-electron chi connectivity index (χ0n) is 23.3. The molecule has 3 aromatic rings. The number of sulfonamides is 1. The first-order chi connectivity index (χ1) is 20.6. The van der Waals surface area contributed by atoms with E-state index in [1.165, 1.54) is 48.5 Å². The van der Waals surface area contributed by atoms with Gasteiger partial charge in [-0.25, -0.2) is 22.0 Å². The van der Waals surface area contributed by atoms with E-state index in [0.29, 0.717) is 50.0 Å². The van der Waals surface area contributed by atoms with Crippen molar-refractivity contribution in [3.05, 3.63) is 102 Å². The van der Waals surface area contributed by atoms with Crippen molar-refractivity contribution in [1.29, 1.82) is 0 Å². The van der Waals surface area contributed by atoms with Crippen molar-refractivity contribution in [2.24, 2.45) is 5.92 Å². The van der Waals surface area contributed by atoms with E-state index in [2.05, 4.69) is 16.0 Å². The zero-order valence-corrected chi connectivity index (χ0v) is 24.1. The monoisotopic (exact) mass is 612 g/mol. The molecule has 0 bridgehead atoms. The third-order valence-corrected chi connectivity index (χ3v) is 10.1. The van der Waals surface area contributed by atoms with Crippen LogP contribution in [0.2, 0.25) is 0 Å². The highest BCUT2D eigenvalue weighted by Crippen LogP contribution is 2.37. The van der Waals surface area contributed by atoms with Crippen LogP contribution in [0.5, 0.6) is 0 Å². The van der Waals surface area contributed by atoms with Gasteiger partial charge in [0.1, 0.15) is 17.7 Å². The van der Waals surface area contributed by atoms with Crippen LogP contribution in [-0.2, 0) is 14.8 Å². The molecule has 2 unspecified atom stereocenters. The first-order valence-corrected chi connectivity index (χ1v) is 15.7. The largest absolute Gasteiger partial charge is 0.465 e. The Morgan fingerprint density at radius 3 is 2.12 bits per heavy atom. The van der Waals surface area contributed by atoms with E-state index in [-0.39, 0.29) is 22.9 Å². The van der Waals surface area contributed by atoms with Gasteiger partial charge in [0.2, 0.25) is 15.9 Å². The molecule has 1 aliphatic carbocycles. The Bertz CT molecular complexity index is 1480. The molecule has 12 heteroatoms. The van der Waals surface area contributed by atoms with E-state index >= 15 is 0 Å². The number of halogens is 2. The van der Waals surface area contributed by atoms with Gasteiger partial charge in [0.15, 0.2) is 0 Å². The lowest BCUT2D eigenvalue weighted by molar-refractivity contribution is -0.123. The topological polar surface area (TPSA) is 128 Å². The average molecular weight is 613 g/mol. The Balaban J connectivity index is 1.27. The maximum atomic E-state index is 13.7. The first-order valence-electron chi connectivity index (χ1n) is 14.2. The summed E-state index contributed by atoms with van der Waals surface area (Å²) < 4.78 is 55.6. The number of hydrogen-bond acceptors (Lipinski definition) is 5. The highest BCUT2D eigenvalue weighted by atomic mass is 32.2. The predicted molar refractivity (Wildman–Crippen MR) is 156 cm³/mol. The third-order valence-electron chi connectivity index (χ3n) is 8.12. The summed E-state index contributed by atoms with van der Waals surface area (Å²) >= 11 is 0. The summed E-state index contributed by atoms with van der Waals surface area (Å²) in [6.07, 6.45) is 0.538. The number of benzene rings is 3. The van der Waals surface area contributed by atoms with E-state index < -0.39 is 45.6 Å². The van der Waals surface area contributed by atoms with Gasteiger partial charge in [-0.3, -0.25) is 4.79 Å². The molecule has 0 aromatic heterocycles. The van der Waals surface area contributed by atoms with Crippen LogP contribution in [0.1, 0.15) is 36.3 Å². The predicted octanol–water partition coefficient (Wildman–Crippen LogP) is 3.68. The maximum absolute atomic E-state index is 13.7. The van der Waals surface area contributed by atoms with Crippen molar-refractivity contribution in [3.63, 3.8) is 0 Å². The molecule has 1 aliphatic heterocycles. The second-order valence-corrected chi connectivity index (χ2v) is 12.9. The number of carbonyl (C=O) groups excluding carboxylic acids is 1. The van der Waals surface area contributed by atoms with E-state index in [4.69, 9.17) is 0 Å². The molecule has 2 aliphatic rings. The van der Waals surface area contributed by atoms with Crippen LogP contribution >= 0.6 is 0 Å². The fourth-order valence-corrected chi connectivity index (χ4v) is 7.48. The molecule has 1 saturated heterocycles. The number of amides is 2. The lowest BCUT2D eigenvalue weighted by Crippen LogP contribution is -2.53. The molecule has 4 atom stereocenters. The van der Waals surface area contributed by atoms with Crippen LogP contribution < -0.4 is 16.0 Å². The molecule has 1 heterocycles. The number of rotatable bonds is 11. The van der Waals surface area contributed by atoms with Crippen molar-refractivity contribution in [3.8, 4) is 0 Å². The molecule has 43 heavy (non-hydrogen) atoms. The van der Waals surface area contributed by atoms with Crippen LogP contribution in [-0.4, -0.2) is 67.6 Å². The number of hydrogen-bond donors (Lipinski definition) is 4. The summed E-state index contributed by atoms with van der Waals surface area (Å²) in [6, 6.07) is 17.4. The van der Waals surface area contributed by atoms with E-state index in [1.807, 2.05) is 0 Å². The Hall–Kier alpha value is -3.87. The minimum atomic E-state index is -3.65. The summed E-state index contributed by atoms with van der Waals surface area (Å²) in [4.78, 5) is 25.6. The van der Waals surface area contributed by atoms with Crippen molar-refractivity contribution in [2.45, 2.75) is 48.2 Å². The normalized spacial score (nSPS) is 21.2. The van der Waals surface area contributed by atoms with Gasteiger partial charge >= 0.3 is 6.09 Å². The third kappa shape index (κ3) is 7.38. The molecular weight excluding hydrogens is 578 g/mol. The van der Waals surface area contributed by atoms with Crippen molar-refractivity contribution in [1.82, 2.24) is 20.3 Å². The Kier molecular flexibility index (Phi) is 9.38. The van der Waals surface area contributed by atoms with E-state index in [1.54, 1.807) is 34.6 Å². The van der Waals surface area contributed by atoms with Gasteiger partial charge in [-0.05, 0) is 72.7 Å². The molecule has 2 amide bonds. The second kappa shape index (κ2) is 13.2. The van der Waals surface area contributed by atoms with Crippen molar-refractivity contribution < 1.29 is 31.9 Å². The maximum Gasteiger partial charge on any atom is 0.405 e. The van der Waals surface area contributed by atoms with Gasteiger partial charge in [0.05, 0.1) is 4.90 Å². The lowest BCUT2D eigenvalue weighted by Gasteiger charge is -2.35. The molecule has 1 saturated carbocycles. The molecule has 5 rings (SSSR count). The Morgan fingerprint density at radius 2 is 1.53 bits per heavy atom. The summed E-state index contributed by atoms with van der Waals surface area (Å²) in [5.41, 5.74) is 0.970.